The molecule has 0 aliphatic rings. The fraction of sp³-hybridized carbons (Fsp3) is 0.294. The molecule has 0 bridgehead atoms. The molecule has 0 fully saturated rings. The average Bonchev–Trinajstić information content (AvgIpc) is 2.41. The van der Waals surface area contributed by atoms with E-state index in [-0.39, 0.29) is 0 Å². The monoisotopic (exact) mass is 271 g/mol. The zero-order chi connectivity index (χ0) is 13.7. The molecule has 1 nitrogen and oxygen atoms in total. The highest BCUT2D eigenvalue weighted by Crippen LogP contribution is 2.32. The van der Waals surface area contributed by atoms with Crippen LogP contribution in [0.15, 0.2) is 52.3 Å². The number of aryl methyl sites for hydroxylation is 2. The summed E-state index contributed by atoms with van der Waals surface area (Å²) in [4.78, 5) is 2.68. The van der Waals surface area contributed by atoms with Gasteiger partial charge in [0.1, 0.15) is 0 Å². The van der Waals surface area contributed by atoms with Crippen LogP contribution in [0.5, 0.6) is 0 Å². The summed E-state index contributed by atoms with van der Waals surface area (Å²) < 4.78 is 0. The van der Waals surface area contributed by atoms with E-state index in [1.54, 1.807) is 0 Å². The molecular formula is C17H21NS. The molecule has 1 N–H and O–H groups in total. The fourth-order valence-corrected chi connectivity index (χ4v) is 2.96. The van der Waals surface area contributed by atoms with Crippen LogP contribution in [0.2, 0.25) is 0 Å². The van der Waals surface area contributed by atoms with Crippen molar-refractivity contribution in [2.45, 2.75) is 37.1 Å². The second-order valence-electron chi connectivity index (χ2n) is 4.75. The predicted octanol–water partition coefficient (Wildman–Crippen LogP) is 4.56. The molecule has 2 heteroatoms. The first kappa shape index (κ1) is 14.2. The molecule has 0 saturated carbocycles. The molecule has 2 rings (SSSR count). The van der Waals surface area contributed by atoms with Crippen LogP contribution in [-0.2, 0) is 6.54 Å². The van der Waals surface area contributed by atoms with Crippen LogP contribution < -0.4 is 5.32 Å². The van der Waals surface area contributed by atoms with E-state index in [0.717, 1.165) is 13.1 Å². The van der Waals surface area contributed by atoms with Crippen molar-refractivity contribution in [2.24, 2.45) is 0 Å². The minimum atomic E-state index is 0.951. The van der Waals surface area contributed by atoms with Crippen molar-refractivity contribution in [3.8, 4) is 0 Å². The van der Waals surface area contributed by atoms with Crippen LogP contribution >= 0.6 is 11.8 Å². The SMILES string of the molecule is CCNCc1ccc(Sc2ccccc2C)c(C)c1. The van der Waals surface area contributed by atoms with E-state index in [4.69, 9.17) is 0 Å². The molecule has 2 aromatic carbocycles. The highest BCUT2D eigenvalue weighted by Gasteiger charge is 2.04. The summed E-state index contributed by atoms with van der Waals surface area (Å²) >= 11 is 1.85. The van der Waals surface area contributed by atoms with Gasteiger partial charge >= 0.3 is 0 Å². The molecule has 0 aliphatic heterocycles. The quantitative estimate of drug-likeness (QED) is 0.855. The van der Waals surface area contributed by atoms with Crippen molar-refractivity contribution >= 4 is 11.8 Å². The molecule has 0 aromatic heterocycles. The zero-order valence-corrected chi connectivity index (χ0v) is 12.7. The number of benzene rings is 2. The minimum absolute atomic E-state index is 0.951. The maximum Gasteiger partial charge on any atom is 0.0205 e. The Kier molecular flexibility index (Phi) is 5.06. The number of rotatable bonds is 5. The lowest BCUT2D eigenvalue weighted by molar-refractivity contribution is 0.726. The Bertz CT molecular complexity index is 549. The first-order valence-electron chi connectivity index (χ1n) is 6.74. The third kappa shape index (κ3) is 3.85. The van der Waals surface area contributed by atoms with Gasteiger partial charge in [-0.2, -0.15) is 0 Å². The first-order valence-corrected chi connectivity index (χ1v) is 7.56. The Labute approximate surface area is 120 Å². The Morgan fingerprint density at radius 3 is 2.37 bits per heavy atom. The maximum absolute atomic E-state index is 3.36. The van der Waals surface area contributed by atoms with E-state index in [0.29, 0.717) is 0 Å². The normalized spacial score (nSPS) is 10.7. The standard InChI is InChI=1S/C17H21NS/c1-4-18-12-15-9-10-17(14(3)11-15)19-16-8-6-5-7-13(16)2/h5-11,18H,4,12H2,1-3H3. The molecular weight excluding hydrogens is 250 g/mol. The lowest BCUT2D eigenvalue weighted by Gasteiger charge is -2.10. The van der Waals surface area contributed by atoms with Gasteiger partial charge in [0.15, 0.2) is 0 Å². The predicted molar refractivity (Wildman–Crippen MR) is 83.9 cm³/mol. The van der Waals surface area contributed by atoms with E-state index in [9.17, 15) is 0 Å². The van der Waals surface area contributed by atoms with Crippen molar-refractivity contribution in [1.82, 2.24) is 5.32 Å². The number of hydrogen-bond acceptors (Lipinski definition) is 2. The van der Waals surface area contributed by atoms with Crippen molar-refractivity contribution in [1.29, 1.82) is 0 Å². The van der Waals surface area contributed by atoms with Gasteiger partial charge < -0.3 is 5.32 Å². The van der Waals surface area contributed by atoms with Crippen LogP contribution in [0.4, 0.5) is 0 Å². The Morgan fingerprint density at radius 2 is 1.68 bits per heavy atom. The molecule has 0 unspecified atom stereocenters. The van der Waals surface area contributed by atoms with E-state index in [1.807, 2.05) is 11.8 Å². The van der Waals surface area contributed by atoms with Gasteiger partial charge in [-0.1, -0.05) is 49.0 Å². The smallest absolute Gasteiger partial charge is 0.0205 e. The highest BCUT2D eigenvalue weighted by atomic mass is 32.2. The van der Waals surface area contributed by atoms with Crippen LogP contribution in [-0.4, -0.2) is 6.54 Å². The molecule has 0 amide bonds. The van der Waals surface area contributed by atoms with Gasteiger partial charge in [0.25, 0.3) is 0 Å². The molecule has 0 spiro atoms. The molecule has 0 aliphatic carbocycles. The summed E-state index contributed by atoms with van der Waals surface area (Å²) in [6.45, 7) is 8.45. The molecule has 19 heavy (non-hydrogen) atoms. The largest absolute Gasteiger partial charge is 0.313 e. The topological polar surface area (TPSA) is 12.0 Å². The maximum atomic E-state index is 3.36. The van der Waals surface area contributed by atoms with Gasteiger partial charge in [0.05, 0.1) is 0 Å². The summed E-state index contributed by atoms with van der Waals surface area (Å²) in [7, 11) is 0. The molecule has 0 radical (unpaired) electrons. The molecule has 100 valence electrons. The fourth-order valence-electron chi connectivity index (χ4n) is 1.99. The van der Waals surface area contributed by atoms with Gasteiger partial charge in [-0.15, -0.1) is 0 Å². The third-order valence-corrected chi connectivity index (χ3v) is 4.49. The Balaban J connectivity index is 2.15. The lowest BCUT2D eigenvalue weighted by Crippen LogP contribution is -2.11. The van der Waals surface area contributed by atoms with E-state index in [1.165, 1.54) is 26.5 Å². The van der Waals surface area contributed by atoms with Crippen LogP contribution in [0.1, 0.15) is 23.6 Å². The summed E-state index contributed by atoms with van der Waals surface area (Å²) in [5, 5.41) is 3.36. The second-order valence-corrected chi connectivity index (χ2v) is 5.83. The lowest BCUT2D eigenvalue weighted by atomic mass is 10.1. The van der Waals surface area contributed by atoms with E-state index < -0.39 is 0 Å². The molecule has 2 aromatic rings. The summed E-state index contributed by atoms with van der Waals surface area (Å²) in [5.74, 6) is 0. The number of nitrogens with one attached hydrogen (secondary N) is 1. The first-order chi connectivity index (χ1) is 9.20. The Morgan fingerprint density at radius 1 is 0.947 bits per heavy atom. The Hall–Kier alpha value is -1.25. The summed E-state index contributed by atoms with van der Waals surface area (Å²) in [6, 6.07) is 15.3. The van der Waals surface area contributed by atoms with Crippen LogP contribution in [0, 0.1) is 13.8 Å². The van der Waals surface area contributed by atoms with Crippen molar-refractivity contribution in [2.75, 3.05) is 6.54 Å². The van der Waals surface area contributed by atoms with E-state index in [2.05, 4.69) is 68.6 Å². The minimum Gasteiger partial charge on any atom is -0.313 e. The summed E-state index contributed by atoms with van der Waals surface area (Å²) in [5.41, 5.74) is 4.04. The van der Waals surface area contributed by atoms with Gasteiger partial charge in [-0.05, 0) is 49.2 Å². The molecule has 0 heterocycles. The molecule has 0 saturated heterocycles. The third-order valence-electron chi connectivity index (χ3n) is 3.13. The van der Waals surface area contributed by atoms with Crippen molar-refractivity contribution < 1.29 is 0 Å². The highest BCUT2D eigenvalue weighted by molar-refractivity contribution is 7.99. The van der Waals surface area contributed by atoms with Crippen molar-refractivity contribution in [3.63, 3.8) is 0 Å². The van der Waals surface area contributed by atoms with Gasteiger partial charge in [0, 0.05) is 16.3 Å². The van der Waals surface area contributed by atoms with Gasteiger partial charge in [0.2, 0.25) is 0 Å². The second kappa shape index (κ2) is 6.78. The summed E-state index contributed by atoms with van der Waals surface area (Å²) in [6.07, 6.45) is 0. The average molecular weight is 271 g/mol. The van der Waals surface area contributed by atoms with Gasteiger partial charge in [-0.3, -0.25) is 0 Å². The van der Waals surface area contributed by atoms with Crippen LogP contribution in [0.25, 0.3) is 0 Å². The van der Waals surface area contributed by atoms with Gasteiger partial charge in [-0.25, -0.2) is 0 Å². The van der Waals surface area contributed by atoms with Crippen molar-refractivity contribution in [3.05, 3.63) is 59.2 Å². The zero-order valence-electron chi connectivity index (χ0n) is 11.9. The molecule has 0 atom stereocenters. The van der Waals surface area contributed by atoms with E-state index >= 15 is 0 Å². The van der Waals surface area contributed by atoms with Crippen LogP contribution in [0.3, 0.4) is 0 Å². The number of hydrogen-bond donors (Lipinski definition) is 1.